The van der Waals surface area contributed by atoms with Crippen molar-refractivity contribution in [2.24, 2.45) is 11.3 Å². The maximum absolute atomic E-state index is 12.0. The predicted molar refractivity (Wildman–Crippen MR) is 95.6 cm³/mol. The molecule has 0 aromatic carbocycles. The molecule has 0 N–H and O–H groups in total. The molecule has 0 saturated carbocycles. The lowest BCUT2D eigenvalue weighted by Crippen LogP contribution is -2.45. The van der Waals surface area contributed by atoms with Crippen molar-refractivity contribution in [1.82, 2.24) is 14.2 Å². The summed E-state index contributed by atoms with van der Waals surface area (Å²) in [4.78, 5) is 8.14. The number of nitrogens with zero attached hydrogens (tertiary/aromatic N) is 3. The van der Waals surface area contributed by atoms with Gasteiger partial charge < -0.3 is 4.74 Å². The van der Waals surface area contributed by atoms with E-state index in [-0.39, 0.29) is 5.41 Å². The molecule has 8 heteroatoms. The zero-order valence-electron chi connectivity index (χ0n) is 14.7. The third-order valence-electron chi connectivity index (χ3n) is 5.68. The van der Waals surface area contributed by atoms with Crippen molar-refractivity contribution in [2.45, 2.75) is 26.3 Å². The zero-order chi connectivity index (χ0) is 17.4. The average molecular weight is 374 g/mol. The third kappa shape index (κ3) is 3.67. The van der Waals surface area contributed by atoms with Gasteiger partial charge in [0.25, 0.3) is 0 Å². The van der Waals surface area contributed by atoms with E-state index in [9.17, 15) is 8.42 Å². The predicted octanol–water partition coefficient (Wildman–Crippen LogP) is 1.57. The molecule has 0 amide bonds. The van der Waals surface area contributed by atoms with Gasteiger partial charge in [-0.15, -0.1) is 11.3 Å². The number of aromatic nitrogens is 1. The van der Waals surface area contributed by atoms with Crippen LogP contribution in [0.1, 0.15) is 23.4 Å². The minimum atomic E-state index is -3.13. The Hall–Kier alpha value is -0.540. The highest BCUT2D eigenvalue weighted by Gasteiger charge is 2.50. The van der Waals surface area contributed by atoms with Gasteiger partial charge in [0.05, 0.1) is 24.1 Å². The lowest BCUT2D eigenvalue weighted by molar-refractivity contribution is 0.0360. The molecular formula is C16H27N3O3S2. The van der Waals surface area contributed by atoms with Crippen LogP contribution in [0.2, 0.25) is 0 Å². The second-order valence-electron chi connectivity index (χ2n) is 7.21. The van der Waals surface area contributed by atoms with E-state index in [1.807, 2.05) is 5.51 Å². The third-order valence-corrected chi connectivity index (χ3v) is 7.82. The van der Waals surface area contributed by atoms with Crippen LogP contribution in [-0.4, -0.2) is 68.8 Å². The Morgan fingerprint density at radius 1 is 1.42 bits per heavy atom. The molecule has 3 heterocycles. The number of piperidine rings is 1. The number of methoxy groups -OCH3 is 1. The van der Waals surface area contributed by atoms with Gasteiger partial charge >= 0.3 is 0 Å². The first-order chi connectivity index (χ1) is 11.3. The Kier molecular flexibility index (Phi) is 5.32. The standard InChI is InChI=1S/C16H27N3O3S2/c1-13-15(23-12-17-13)9-18-6-4-16(5-7-18)11-19(24(3,20)21)8-14(16)10-22-2/h12,14H,4-11H2,1-3H3. The van der Waals surface area contributed by atoms with Gasteiger partial charge in [0.15, 0.2) is 0 Å². The summed E-state index contributed by atoms with van der Waals surface area (Å²) in [6.07, 6.45) is 3.38. The number of sulfonamides is 1. The van der Waals surface area contributed by atoms with Crippen LogP contribution in [0.5, 0.6) is 0 Å². The van der Waals surface area contributed by atoms with E-state index in [1.165, 1.54) is 11.1 Å². The molecule has 2 saturated heterocycles. The molecule has 1 unspecified atom stereocenters. The Morgan fingerprint density at radius 3 is 2.67 bits per heavy atom. The van der Waals surface area contributed by atoms with Crippen LogP contribution < -0.4 is 0 Å². The Bertz CT molecular complexity index is 666. The maximum Gasteiger partial charge on any atom is 0.211 e. The highest BCUT2D eigenvalue weighted by Crippen LogP contribution is 2.45. The fraction of sp³-hybridized carbons (Fsp3) is 0.812. The van der Waals surface area contributed by atoms with Gasteiger partial charge in [-0.1, -0.05) is 0 Å². The van der Waals surface area contributed by atoms with E-state index < -0.39 is 10.0 Å². The number of aryl methyl sites for hydroxylation is 1. The Balaban J connectivity index is 1.67. The summed E-state index contributed by atoms with van der Waals surface area (Å²) in [5.41, 5.74) is 3.10. The fourth-order valence-electron chi connectivity index (χ4n) is 4.07. The number of likely N-dealkylation sites (tertiary alicyclic amines) is 1. The van der Waals surface area contributed by atoms with Crippen molar-refractivity contribution in [1.29, 1.82) is 0 Å². The van der Waals surface area contributed by atoms with Gasteiger partial charge in [-0.2, -0.15) is 0 Å². The van der Waals surface area contributed by atoms with Crippen molar-refractivity contribution < 1.29 is 13.2 Å². The Labute approximate surface area is 148 Å². The van der Waals surface area contributed by atoms with Crippen LogP contribution in [0.15, 0.2) is 5.51 Å². The first-order valence-electron chi connectivity index (χ1n) is 8.39. The highest BCUT2D eigenvalue weighted by molar-refractivity contribution is 7.88. The molecule has 1 aromatic rings. The molecular weight excluding hydrogens is 346 g/mol. The van der Waals surface area contributed by atoms with Gasteiger partial charge in [0, 0.05) is 37.5 Å². The van der Waals surface area contributed by atoms with E-state index in [1.54, 1.807) is 22.8 Å². The van der Waals surface area contributed by atoms with E-state index in [0.29, 0.717) is 25.6 Å². The molecule has 2 aliphatic heterocycles. The van der Waals surface area contributed by atoms with Crippen LogP contribution in [0, 0.1) is 18.3 Å². The molecule has 3 rings (SSSR count). The molecule has 0 aliphatic carbocycles. The van der Waals surface area contributed by atoms with E-state index in [2.05, 4.69) is 16.8 Å². The SMILES string of the molecule is COCC1CN(S(C)(=O)=O)CC12CCN(Cc1scnc1C)CC2. The van der Waals surface area contributed by atoms with Crippen molar-refractivity contribution in [3.05, 3.63) is 16.1 Å². The minimum Gasteiger partial charge on any atom is -0.384 e. The van der Waals surface area contributed by atoms with E-state index >= 15 is 0 Å². The fourth-order valence-corrected chi connectivity index (χ4v) is 5.83. The number of rotatable bonds is 5. The van der Waals surface area contributed by atoms with Crippen LogP contribution in [0.4, 0.5) is 0 Å². The number of hydrogen-bond acceptors (Lipinski definition) is 6. The van der Waals surface area contributed by atoms with Crippen molar-refractivity contribution >= 4 is 21.4 Å². The smallest absolute Gasteiger partial charge is 0.211 e. The summed E-state index contributed by atoms with van der Waals surface area (Å²) in [6.45, 7) is 6.92. The molecule has 1 atom stereocenters. The molecule has 2 fully saturated rings. The van der Waals surface area contributed by atoms with Crippen LogP contribution in [0.25, 0.3) is 0 Å². The number of thiazole rings is 1. The molecule has 6 nitrogen and oxygen atoms in total. The van der Waals surface area contributed by atoms with Crippen molar-refractivity contribution in [3.63, 3.8) is 0 Å². The van der Waals surface area contributed by atoms with Crippen LogP contribution in [0.3, 0.4) is 0 Å². The van der Waals surface area contributed by atoms with Crippen molar-refractivity contribution in [2.75, 3.05) is 46.2 Å². The minimum absolute atomic E-state index is 0.0678. The molecule has 0 radical (unpaired) electrons. The lowest BCUT2D eigenvalue weighted by atomic mass is 9.71. The molecule has 24 heavy (non-hydrogen) atoms. The molecule has 1 aromatic heterocycles. The molecule has 2 aliphatic rings. The first kappa shape index (κ1) is 18.3. The molecule has 0 bridgehead atoms. The number of ether oxygens (including phenoxy) is 1. The van der Waals surface area contributed by atoms with Gasteiger partial charge in [0.2, 0.25) is 10.0 Å². The summed E-state index contributed by atoms with van der Waals surface area (Å²) in [5.74, 6) is 0.296. The van der Waals surface area contributed by atoms with E-state index in [4.69, 9.17) is 4.74 Å². The summed E-state index contributed by atoms with van der Waals surface area (Å²) in [6, 6.07) is 0. The van der Waals surface area contributed by atoms with Gasteiger partial charge in [0.1, 0.15) is 0 Å². The highest BCUT2D eigenvalue weighted by atomic mass is 32.2. The van der Waals surface area contributed by atoms with Crippen LogP contribution in [-0.2, 0) is 21.3 Å². The summed E-state index contributed by atoms with van der Waals surface area (Å²) < 4.78 is 31.0. The van der Waals surface area contributed by atoms with Crippen LogP contribution >= 0.6 is 11.3 Å². The van der Waals surface area contributed by atoms with E-state index in [0.717, 1.165) is 38.2 Å². The zero-order valence-corrected chi connectivity index (χ0v) is 16.3. The molecule has 136 valence electrons. The van der Waals surface area contributed by atoms with Gasteiger partial charge in [-0.05, 0) is 38.3 Å². The maximum atomic E-state index is 12.0. The lowest BCUT2D eigenvalue weighted by Gasteiger charge is -2.42. The summed E-state index contributed by atoms with van der Waals surface area (Å²) in [7, 11) is -1.42. The topological polar surface area (TPSA) is 62.7 Å². The summed E-state index contributed by atoms with van der Waals surface area (Å²) >= 11 is 1.72. The van der Waals surface area contributed by atoms with Gasteiger partial charge in [-0.3, -0.25) is 4.90 Å². The largest absolute Gasteiger partial charge is 0.384 e. The van der Waals surface area contributed by atoms with Gasteiger partial charge in [-0.25, -0.2) is 17.7 Å². The normalized spacial score (nSPS) is 25.5. The Morgan fingerprint density at radius 2 is 2.12 bits per heavy atom. The van der Waals surface area contributed by atoms with Crippen molar-refractivity contribution in [3.8, 4) is 0 Å². The monoisotopic (exact) mass is 373 g/mol. The molecule has 1 spiro atoms. The summed E-state index contributed by atoms with van der Waals surface area (Å²) in [5, 5.41) is 0. The average Bonchev–Trinajstić information content (AvgIpc) is 3.07. The quantitative estimate of drug-likeness (QED) is 0.784. The first-order valence-corrected chi connectivity index (χ1v) is 11.1. The second-order valence-corrected chi connectivity index (χ2v) is 10.1. The number of hydrogen-bond donors (Lipinski definition) is 0. The second kappa shape index (κ2) is 6.99.